The largest absolute Gasteiger partial charge is 0.319 e. The predicted molar refractivity (Wildman–Crippen MR) is 61.2 cm³/mol. The fourth-order valence-corrected chi connectivity index (χ4v) is 1.38. The zero-order valence-electron chi connectivity index (χ0n) is 10.3. The molecule has 0 aliphatic carbocycles. The molecule has 0 unspecified atom stereocenters. The van der Waals surface area contributed by atoms with Gasteiger partial charge in [-0.1, -0.05) is 34.6 Å². The van der Waals surface area contributed by atoms with Crippen LogP contribution in [0.3, 0.4) is 0 Å². The van der Waals surface area contributed by atoms with Crippen molar-refractivity contribution in [1.29, 1.82) is 0 Å². The van der Waals surface area contributed by atoms with Crippen LogP contribution in [0, 0.1) is 5.41 Å². The Kier molecular flexibility index (Phi) is 4.79. The Labute approximate surface area is 88.3 Å². The van der Waals surface area contributed by atoms with E-state index in [9.17, 15) is 4.79 Å². The molecule has 0 fully saturated rings. The van der Waals surface area contributed by atoms with Gasteiger partial charge in [0.15, 0.2) is 5.78 Å². The van der Waals surface area contributed by atoms with E-state index < -0.39 is 5.54 Å². The number of carbonyl (C=O) groups is 1. The molecule has 2 N–H and O–H groups in total. The van der Waals surface area contributed by atoms with Gasteiger partial charge in [-0.05, 0) is 24.7 Å². The molecule has 0 bridgehead atoms. The second-order valence-electron chi connectivity index (χ2n) is 5.35. The topological polar surface area (TPSA) is 43.1 Å². The van der Waals surface area contributed by atoms with Crippen LogP contribution in [0.15, 0.2) is 0 Å². The van der Waals surface area contributed by atoms with E-state index in [0.717, 1.165) is 19.3 Å². The van der Waals surface area contributed by atoms with Gasteiger partial charge in [0.25, 0.3) is 0 Å². The van der Waals surface area contributed by atoms with Crippen LogP contribution < -0.4 is 5.73 Å². The number of nitrogens with two attached hydrogens (primary N) is 1. The second-order valence-corrected chi connectivity index (χ2v) is 5.35. The number of hydrogen-bond acceptors (Lipinski definition) is 2. The Balaban J connectivity index is 4.20. The maximum atomic E-state index is 11.8. The summed E-state index contributed by atoms with van der Waals surface area (Å²) in [6.45, 7) is 10.4. The number of ketones is 1. The van der Waals surface area contributed by atoms with Gasteiger partial charge in [0, 0.05) is 6.42 Å². The lowest BCUT2D eigenvalue weighted by atomic mass is 9.82. The summed E-state index contributed by atoms with van der Waals surface area (Å²) in [6, 6.07) is 0. The van der Waals surface area contributed by atoms with Gasteiger partial charge in [0.05, 0.1) is 5.54 Å². The van der Waals surface area contributed by atoms with E-state index in [1.165, 1.54) is 0 Å². The maximum absolute atomic E-state index is 11.8. The predicted octanol–water partition coefficient (Wildman–Crippen LogP) is 2.90. The molecule has 2 heteroatoms. The molecule has 0 aliphatic rings. The third-order valence-electron chi connectivity index (χ3n) is 2.92. The molecular formula is C12H25NO. The van der Waals surface area contributed by atoms with Gasteiger partial charge in [0.2, 0.25) is 0 Å². The minimum absolute atomic E-state index is 0.220. The summed E-state index contributed by atoms with van der Waals surface area (Å²) in [5.74, 6) is 0.220. The van der Waals surface area contributed by atoms with Gasteiger partial charge in [-0.3, -0.25) is 4.79 Å². The van der Waals surface area contributed by atoms with E-state index in [1.807, 2.05) is 13.8 Å². The molecule has 0 heterocycles. The van der Waals surface area contributed by atoms with E-state index in [2.05, 4.69) is 20.8 Å². The van der Waals surface area contributed by atoms with Crippen molar-refractivity contribution in [2.75, 3.05) is 0 Å². The minimum Gasteiger partial charge on any atom is -0.319 e. The molecule has 0 spiro atoms. The van der Waals surface area contributed by atoms with Crippen molar-refractivity contribution in [3.63, 3.8) is 0 Å². The Morgan fingerprint density at radius 1 is 1.14 bits per heavy atom. The summed E-state index contributed by atoms with van der Waals surface area (Å²) < 4.78 is 0. The van der Waals surface area contributed by atoms with Crippen LogP contribution >= 0.6 is 0 Å². The molecule has 0 rings (SSSR count). The highest BCUT2D eigenvalue weighted by Gasteiger charge is 2.29. The molecule has 2 nitrogen and oxygen atoms in total. The lowest BCUT2D eigenvalue weighted by Gasteiger charge is -2.26. The Hall–Kier alpha value is -0.370. The van der Waals surface area contributed by atoms with E-state index >= 15 is 0 Å². The van der Waals surface area contributed by atoms with Crippen molar-refractivity contribution in [2.24, 2.45) is 11.1 Å². The van der Waals surface area contributed by atoms with Crippen LogP contribution in [-0.2, 0) is 4.79 Å². The molecule has 84 valence electrons. The first-order valence-corrected chi connectivity index (χ1v) is 5.57. The van der Waals surface area contributed by atoms with Crippen molar-refractivity contribution < 1.29 is 4.79 Å². The van der Waals surface area contributed by atoms with Crippen LogP contribution in [-0.4, -0.2) is 11.3 Å². The standard InChI is InChI=1S/C12H25NO/c1-6-12(13,7-2)10(14)8-9-11(3,4)5/h6-9,13H2,1-5H3. The number of carbonyl (C=O) groups excluding carboxylic acids is 1. The van der Waals surface area contributed by atoms with Gasteiger partial charge < -0.3 is 5.73 Å². The minimum atomic E-state index is -0.578. The third kappa shape index (κ3) is 4.23. The first-order valence-electron chi connectivity index (χ1n) is 5.57. The molecule has 0 saturated heterocycles. The fourth-order valence-electron chi connectivity index (χ4n) is 1.38. The number of Topliss-reactive ketones (excluding diaryl/α,β-unsaturated/α-hetero) is 1. The lowest BCUT2D eigenvalue weighted by molar-refractivity contribution is -0.125. The van der Waals surface area contributed by atoms with Gasteiger partial charge in [0.1, 0.15) is 0 Å². The summed E-state index contributed by atoms with van der Waals surface area (Å²) in [5.41, 5.74) is 5.66. The molecule has 0 amide bonds. The summed E-state index contributed by atoms with van der Waals surface area (Å²) in [7, 11) is 0. The molecule has 0 saturated carbocycles. The molecule has 14 heavy (non-hydrogen) atoms. The molecule has 0 aromatic heterocycles. The number of hydrogen-bond donors (Lipinski definition) is 1. The highest BCUT2D eigenvalue weighted by molar-refractivity contribution is 5.88. The highest BCUT2D eigenvalue weighted by atomic mass is 16.1. The van der Waals surface area contributed by atoms with Gasteiger partial charge in [-0.15, -0.1) is 0 Å². The van der Waals surface area contributed by atoms with E-state index in [0.29, 0.717) is 6.42 Å². The van der Waals surface area contributed by atoms with Crippen molar-refractivity contribution in [2.45, 2.75) is 65.8 Å². The van der Waals surface area contributed by atoms with Crippen molar-refractivity contribution >= 4 is 5.78 Å². The van der Waals surface area contributed by atoms with E-state index in [4.69, 9.17) is 5.73 Å². The molecule has 0 aromatic rings. The first-order chi connectivity index (χ1) is 6.25. The van der Waals surface area contributed by atoms with E-state index in [1.54, 1.807) is 0 Å². The van der Waals surface area contributed by atoms with Gasteiger partial charge in [-0.25, -0.2) is 0 Å². The number of rotatable bonds is 5. The summed E-state index contributed by atoms with van der Waals surface area (Å²) in [6.07, 6.45) is 3.02. The molecule has 0 atom stereocenters. The Morgan fingerprint density at radius 3 is 1.86 bits per heavy atom. The average Bonchev–Trinajstić information content (AvgIpc) is 2.11. The summed E-state index contributed by atoms with van der Waals surface area (Å²) >= 11 is 0. The summed E-state index contributed by atoms with van der Waals surface area (Å²) in [4.78, 5) is 11.8. The molecule has 0 radical (unpaired) electrons. The van der Waals surface area contributed by atoms with Gasteiger partial charge in [-0.2, -0.15) is 0 Å². The van der Waals surface area contributed by atoms with Crippen LogP contribution in [0.2, 0.25) is 0 Å². The third-order valence-corrected chi connectivity index (χ3v) is 2.92. The quantitative estimate of drug-likeness (QED) is 0.740. The SMILES string of the molecule is CCC(N)(CC)C(=O)CCC(C)(C)C. The molecule has 0 aliphatic heterocycles. The van der Waals surface area contributed by atoms with Crippen molar-refractivity contribution in [3.8, 4) is 0 Å². The smallest absolute Gasteiger partial charge is 0.152 e. The van der Waals surface area contributed by atoms with Crippen molar-refractivity contribution in [3.05, 3.63) is 0 Å². The molecular weight excluding hydrogens is 174 g/mol. The highest BCUT2D eigenvalue weighted by Crippen LogP contribution is 2.24. The van der Waals surface area contributed by atoms with Crippen LogP contribution in [0.25, 0.3) is 0 Å². The fraction of sp³-hybridized carbons (Fsp3) is 0.917. The zero-order valence-corrected chi connectivity index (χ0v) is 10.3. The van der Waals surface area contributed by atoms with E-state index in [-0.39, 0.29) is 11.2 Å². The average molecular weight is 199 g/mol. The zero-order chi connectivity index (χ0) is 11.4. The molecule has 0 aromatic carbocycles. The van der Waals surface area contributed by atoms with Crippen LogP contribution in [0.5, 0.6) is 0 Å². The lowest BCUT2D eigenvalue weighted by Crippen LogP contribution is -2.46. The monoisotopic (exact) mass is 199 g/mol. The van der Waals surface area contributed by atoms with Crippen LogP contribution in [0.1, 0.15) is 60.3 Å². The van der Waals surface area contributed by atoms with Crippen LogP contribution in [0.4, 0.5) is 0 Å². The second kappa shape index (κ2) is 4.92. The Morgan fingerprint density at radius 2 is 1.57 bits per heavy atom. The Bertz CT molecular complexity index is 187. The van der Waals surface area contributed by atoms with Crippen molar-refractivity contribution in [1.82, 2.24) is 0 Å². The maximum Gasteiger partial charge on any atom is 0.152 e. The first kappa shape index (κ1) is 13.6. The summed E-state index contributed by atoms with van der Waals surface area (Å²) in [5, 5.41) is 0. The van der Waals surface area contributed by atoms with Gasteiger partial charge >= 0.3 is 0 Å². The normalized spacial score (nSPS) is 13.0.